The number of nitrogens with zero attached hydrogens (tertiary/aromatic N) is 1. The van der Waals surface area contributed by atoms with Crippen molar-refractivity contribution in [1.82, 2.24) is 4.90 Å². The molecule has 1 aromatic carbocycles. The number of carboxylic acids is 1. The zero-order chi connectivity index (χ0) is 14.7. The molecule has 0 saturated carbocycles. The number of thioether (sulfide) groups is 1. The number of rotatable bonds is 3. The van der Waals surface area contributed by atoms with Crippen LogP contribution in [0.4, 0.5) is 0 Å². The molecule has 1 fully saturated rings. The van der Waals surface area contributed by atoms with Crippen LogP contribution in [0.1, 0.15) is 39.6 Å². The maximum atomic E-state index is 12.5. The summed E-state index contributed by atoms with van der Waals surface area (Å²) >= 11 is 1.90. The van der Waals surface area contributed by atoms with Crippen molar-refractivity contribution in [2.24, 2.45) is 0 Å². The van der Waals surface area contributed by atoms with Crippen LogP contribution >= 0.6 is 11.8 Å². The number of carbonyl (C=O) groups excluding carboxylic acids is 1. The number of carbonyl (C=O) groups is 2. The summed E-state index contributed by atoms with van der Waals surface area (Å²) in [6, 6.07) is 4.82. The topological polar surface area (TPSA) is 57.6 Å². The monoisotopic (exact) mass is 293 g/mol. The second kappa shape index (κ2) is 6.31. The Morgan fingerprint density at radius 1 is 1.35 bits per heavy atom. The van der Waals surface area contributed by atoms with Crippen molar-refractivity contribution >= 4 is 23.6 Å². The fraction of sp³-hybridized carbons (Fsp3) is 0.467. The molecule has 1 aliphatic rings. The lowest BCUT2D eigenvalue weighted by atomic mass is 10.1. The Bertz CT molecular complexity index is 530. The van der Waals surface area contributed by atoms with Gasteiger partial charge in [0.15, 0.2) is 0 Å². The smallest absolute Gasteiger partial charge is 0.335 e. The highest BCUT2D eigenvalue weighted by molar-refractivity contribution is 8.00. The molecule has 1 aliphatic heterocycles. The molecule has 0 spiro atoms. The molecule has 1 unspecified atom stereocenters. The van der Waals surface area contributed by atoms with E-state index < -0.39 is 5.97 Å². The maximum absolute atomic E-state index is 12.5. The van der Waals surface area contributed by atoms with E-state index in [1.165, 1.54) is 6.07 Å². The number of amides is 1. The Balaban J connectivity index is 2.22. The molecule has 1 aromatic rings. The molecular formula is C15H19NO3S. The molecule has 0 radical (unpaired) electrons. The van der Waals surface area contributed by atoms with Gasteiger partial charge in [-0.3, -0.25) is 4.79 Å². The van der Waals surface area contributed by atoms with Crippen LogP contribution < -0.4 is 0 Å². The molecule has 4 nitrogen and oxygen atoms in total. The highest BCUT2D eigenvalue weighted by atomic mass is 32.2. The number of carboxylic acid groups (broad SMARTS) is 1. The zero-order valence-corrected chi connectivity index (χ0v) is 12.6. The lowest BCUT2D eigenvalue weighted by molar-refractivity contribution is 0.0696. The summed E-state index contributed by atoms with van der Waals surface area (Å²) in [5.41, 5.74) is 1.45. The SMILES string of the molecule is CCC1CN(C(=O)c2cc(C)cc(C(=O)O)c2)CCS1. The third-order valence-corrected chi connectivity index (χ3v) is 4.82. The van der Waals surface area contributed by atoms with Crippen LogP contribution in [0.5, 0.6) is 0 Å². The van der Waals surface area contributed by atoms with Gasteiger partial charge in [-0.05, 0) is 37.1 Å². The maximum Gasteiger partial charge on any atom is 0.335 e. The lowest BCUT2D eigenvalue weighted by Gasteiger charge is -2.32. The highest BCUT2D eigenvalue weighted by Crippen LogP contribution is 2.23. The predicted molar refractivity (Wildman–Crippen MR) is 80.6 cm³/mol. The number of benzene rings is 1. The van der Waals surface area contributed by atoms with Gasteiger partial charge in [-0.15, -0.1) is 0 Å². The Hall–Kier alpha value is -1.49. The van der Waals surface area contributed by atoms with Gasteiger partial charge in [0.1, 0.15) is 0 Å². The summed E-state index contributed by atoms with van der Waals surface area (Å²) in [6.07, 6.45) is 1.04. The van der Waals surface area contributed by atoms with Crippen LogP contribution in [0.2, 0.25) is 0 Å². The van der Waals surface area contributed by atoms with E-state index in [4.69, 9.17) is 5.11 Å². The molecule has 1 atom stereocenters. The van der Waals surface area contributed by atoms with Gasteiger partial charge in [0.25, 0.3) is 5.91 Å². The molecule has 108 valence electrons. The summed E-state index contributed by atoms with van der Waals surface area (Å²) in [4.78, 5) is 25.4. The normalized spacial score (nSPS) is 18.9. The molecule has 20 heavy (non-hydrogen) atoms. The van der Waals surface area contributed by atoms with Gasteiger partial charge in [0.05, 0.1) is 5.56 Å². The van der Waals surface area contributed by atoms with E-state index in [1.807, 2.05) is 23.6 Å². The Morgan fingerprint density at radius 3 is 2.70 bits per heavy atom. The summed E-state index contributed by atoms with van der Waals surface area (Å²) in [5.74, 6) is -0.111. The Labute approximate surface area is 123 Å². The molecule has 0 aromatic heterocycles. The first-order chi connectivity index (χ1) is 9.51. The van der Waals surface area contributed by atoms with Crippen molar-refractivity contribution in [1.29, 1.82) is 0 Å². The quantitative estimate of drug-likeness (QED) is 0.931. The minimum atomic E-state index is -0.997. The third kappa shape index (κ3) is 3.33. The largest absolute Gasteiger partial charge is 0.478 e. The van der Waals surface area contributed by atoms with Gasteiger partial charge in [-0.1, -0.05) is 6.92 Å². The fourth-order valence-electron chi connectivity index (χ4n) is 2.36. The third-order valence-electron chi connectivity index (χ3n) is 3.45. The van der Waals surface area contributed by atoms with Crippen LogP contribution in [0.25, 0.3) is 0 Å². The van der Waals surface area contributed by atoms with Crippen molar-refractivity contribution in [2.75, 3.05) is 18.8 Å². The van der Waals surface area contributed by atoms with Crippen LogP contribution in [0, 0.1) is 6.92 Å². The minimum Gasteiger partial charge on any atom is -0.478 e. The molecule has 1 heterocycles. The van der Waals surface area contributed by atoms with Crippen LogP contribution in [0.3, 0.4) is 0 Å². The molecule has 1 amide bonds. The standard InChI is InChI=1S/C15H19NO3S/c1-3-13-9-16(4-5-20-13)14(17)11-6-10(2)7-12(8-11)15(18)19/h6-8,13H,3-5,9H2,1-2H3,(H,18,19). The van der Waals surface area contributed by atoms with E-state index in [1.54, 1.807) is 12.1 Å². The van der Waals surface area contributed by atoms with Gasteiger partial charge in [-0.25, -0.2) is 4.79 Å². The van der Waals surface area contributed by atoms with E-state index in [0.29, 0.717) is 10.8 Å². The average molecular weight is 293 g/mol. The van der Waals surface area contributed by atoms with E-state index >= 15 is 0 Å². The van der Waals surface area contributed by atoms with Crippen LogP contribution in [0.15, 0.2) is 18.2 Å². The van der Waals surface area contributed by atoms with Crippen molar-refractivity contribution < 1.29 is 14.7 Å². The van der Waals surface area contributed by atoms with Gasteiger partial charge in [0, 0.05) is 29.7 Å². The highest BCUT2D eigenvalue weighted by Gasteiger charge is 2.24. The second-order valence-corrected chi connectivity index (χ2v) is 6.45. The van der Waals surface area contributed by atoms with E-state index in [-0.39, 0.29) is 11.5 Å². The summed E-state index contributed by atoms with van der Waals surface area (Å²) in [5, 5.41) is 9.56. The Kier molecular flexibility index (Phi) is 4.70. The van der Waals surface area contributed by atoms with Crippen molar-refractivity contribution in [3.63, 3.8) is 0 Å². The first-order valence-electron chi connectivity index (χ1n) is 6.77. The van der Waals surface area contributed by atoms with Crippen LogP contribution in [-0.2, 0) is 0 Å². The van der Waals surface area contributed by atoms with Gasteiger partial charge in [-0.2, -0.15) is 11.8 Å². The first-order valence-corrected chi connectivity index (χ1v) is 7.82. The van der Waals surface area contributed by atoms with E-state index in [2.05, 4.69) is 6.92 Å². The van der Waals surface area contributed by atoms with E-state index in [0.717, 1.165) is 30.8 Å². The molecule has 1 N–H and O–H groups in total. The first kappa shape index (κ1) is 14.9. The number of aryl methyl sites for hydroxylation is 1. The zero-order valence-electron chi connectivity index (χ0n) is 11.8. The van der Waals surface area contributed by atoms with Gasteiger partial charge >= 0.3 is 5.97 Å². The molecular weight excluding hydrogens is 274 g/mol. The van der Waals surface area contributed by atoms with Gasteiger partial charge in [0.2, 0.25) is 0 Å². The number of hydrogen-bond donors (Lipinski definition) is 1. The summed E-state index contributed by atoms with van der Waals surface area (Å²) < 4.78 is 0. The van der Waals surface area contributed by atoms with Gasteiger partial charge < -0.3 is 10.0 Å². The number of hydrogen-bond acceptors (Lipinski definition) is 3. The molecule has 0 aliphatic carbocycles. The molecule has 2 rings (SSSR count). The average Bonchev–Trinajstić information content (AvgIpc) is 2.45. The Morgan fingerprint density at radius 2 is 2.05 bits per heavy atom. The summed E-state index contributed by atoms with van der Waals surface area (Å²) in [6.45, 7) is 5.41. The molecule has 1 saturated heterocycles. The van der Waals surface area contributed by atoms with Crippen molar-refractivity contribution in [3.05, 3.63) is 34.9 Å². The number of aromatic carboxylic acids is 1. The van der Waals surface area contributed by atoms with Crippen LogP contribution in [-0.4, -0.2) is 46.0 Å². The minimum absolute atomic E-state index is 0.0602. The second-order valence-electron chi connectivity index (χ2n) is 5.05. The van der Waals surface area contributed by atoms with E-state index in [9.17, 15) is 9.59 Å². The van der Waals surface area contributed by atoms with Crippen molar-refractivity contribution in [3.8, 4) is 0 Å². The molecule has 0 bridgehead atoms. The summed E-state index contributed by atoms with van der Waals surface area (Å²) in [7, 11) is 0. The molecule has 5 heteroatoms. The fourth-order valence-corrected chi connectivity index (χ4v) is 3.54. The lowest BCUT2D eigenvalue weighted by Crippen LogP contribution is -2.41. The van der Waals surface area contributed by atoms with Crippen molar-refractivity contribution in [2.45, 2.75) is 25.5 Å². The predicted octanol–water partition coefficient (Wildman–Crippen LogP) is 2.66.